The standard InChI is InChI=1S/C20H21ClN2O6/c1-11-7-16(17(27-2)9-14(11)21)22-10-18(24)23-15-8-12(19(25)28-3)5-6-13(15)20(26)29-4/h5-9,22H,10H2,1-4H3,(H,23,24). The van der Waals surface area contributed by atoms with E-state index in [9.17, 15) is 14.4 Å². The maximum Gasteiger partial charge on any atom is 0.339 e. The number of ether oxygens (including phenoxy) is 3. The second-order valence-corrected chi connectivity index (χ2v) is 6.35. The lowest BCUT2D eigenvalue weighted by atomic mass is 10.1. The van der Waals surface area contributed by atoms with E-state index in [0.717, 1.165) is 5.56 Å². The highest BCUT2D eigenvalue weighted by Gasteiger charge is 2.17. The molecule has 2 aromatic carbocycles. The third kappa shape index (κ3) is 5.39. The van der Waals surface area contributed by atoms with E-state index in [1.54, 1.807) is 12.1 Å². The molecule has 0 aliphatic heterocycles. The summed E-state index contributed by atoms with van der Waals surface area (Å²) in [5.41, 5.74) is 1.81. The van der Waals surface area contributed by atoms with Gasteiger partial charge in [0.05, 0.1) is 50.4 Å². The zero-order valence-electron chi connectivity index (χ0n) is 16.4. The van der Waals surface area contributed by atoms with Crippen LogP contribution in [0.5, 0.6) is 5.75 Å². The molecule has 1 amide bonds. The number of carbonyl (C=O) groups excluding carboxylic acids is 3. The third-order valence-corrected chi connectivity index (χ3v) is 4.45. The molecule has 0 spiro atoms. The van der Waals surface area contributed by atoms with Crippen LogP contribution in [0.3, 0.4) is 0 Å². The summed E-state index contributed by atoms with van der Waals surface area (Å²) >= 11 is 6.08. The minimum absolute atomic E-state index is 0.105. The predicted molar refractivity (Wildman–Crippen MR) is 109 cm³/mol. The number of benzene rings is 2. The molecule has 154 valence electrons. The van der Waals surface area contributed by atoms with Gasteiger partial charge >= 0.3 is 11.9 Å². The molecule has 0 aliphatic rings. The summed E-state index contributed by atoms with van der Waals surface area (Å²) in [7, 11) is 3.95. The van der Waals surface area contributed by atoms with Crippen LogP contribution < -0.4 is 15.4 Å². The Balaban J connectivity index is 2.20. The van der Waals surface area contributed by atoms with Gasteiger partial charge < -0.3 is 24.8 Å². The van der Waals surface area contributed by atoms with Crippen LogP contribution in [0.1, 0.15) is 26.3 Å². The van der Waals surface area contributed by atoms with Gasteiger partial charge in [0.2, 0.25) is 5.91 Å². The van der Waals surface area contributed by atoms with E-state index in [1.807, 2.05) is 6.92 Å². The largest absolute Gasteiger partial charge is 0.495 e. The summed E-state index contributed by atoms with van der Waals surface area (Å²) in [6.07, 6.45) is 0. The average molecular weight is 421 g/mol. The van der Waals surface area contributed by atoms with Gasteiger partial charge in [0.25, 0.3) is 0 Å². The number of esters is 2. The second kappa shape index (κ2) is 9.79. The number of methoxy groups -OCH3 is 3. The van der Waals surface area contributed by atoms with Crippen LogP contribution in [-0.4, -0.2) is 45.7 Å². The maximum absolute atomic E-state index is 12.4. The van der Waals surface area contributed by atoms with Crippen molar-refractivity contribution in [1.29, 1.82) is 0 Å². The van der Waals surface area contributed by atoms with Crippen molar-refractivity contribution >= 4 is 40.8 Å². The van der Waals surface area contributed by atoms with Crippen LogP contribution in [0, 0.1) is 6.92 Å². The van der Waals surface area contributed by atoms with Gasteiger partial charge in [-0.2, -0.15) is 0 Å². The first-order chi connectivity index (χ1) is 13.8. The Morgan fingerprint density at radius 3 is 2.28 bits per heavy atom. The lowest BCUT2D eigenvalue weighted by Crippen LogP contribution is -2.23. The molecule has 0 saturated heterocycles. The average Bonchev–Trinajstić information content (AvgIpc) is 2.72. The molecule has 0 unspecified atom stereocenters. The minimum Gasteiger partial charge on any atom is -0.495 e. The molecule has 0 fully saturated rings. The van der Waals surface area contributed by atoms with Gasteiger partial charge in [0.1, 0.15) is 5.75 Å². The van der Waals surface area contributed by atoms with E-state index in [1.165, 1.54) is 39.5 Å². The zero-order valence-corrected chi connectivity index (χ0v) is 17.2. The molecule has 2 N–H and O–H groups in total. The molecule has 0 bridgehead atoms. The van der Waals surface area contributed by atoms with Gasteiger partial charge in [-0.1, -0.05) is 11.6 Å². The van der Waals surface area contributed by atoms with Gasteiger partial charge in [-0.05, 0) is 36.8 Å². The third-order valence-electron chi connectivity index (χ3n) is 4.04. The Morgan fingerprint density at radius 2 is 1.66 bits per heavy atom. The molecule has 0 saturated carbocycles. The first-order valence-electron chi connectivity index (χ1n) is 8.49. The number of halogens is 1. The number of hydrogen-bond donors (Lipinski definition) is 2. The number of aryl methyl sites for hydroxylation is 1. The normalized spacial score (nSPS) is 10.1. The van der Waals surface area contributed by atoms with Gasteiger partial charge in [0, 0.05) is 11.1 Å². The summed E-state index contributed by atoms with van der Waals surface area (Å²) < 4.78 is 14.6. The Hall–Kier alpha value is -3.26. The number of hydrogen-bond acceptors (Lipinski definition) is 7. The van der Waals surface area contributed by atoms with E-state index in [-0.39, 0.29) is 23.4 Å². The summed E-state index contributed by atoms with van der Waals surface area (Å²) in [5.74, 6) is -1.22. The number of anilines is 2. The molecular formula is C20H21ClN2O6. The lowest BCUT2D eigenvalue weighted by molar-refractivity contribution is -0.114. The number of amides is 1. The van der Waals surface area contributed by atoms with Crippen LogP contribution in [0.4, 0.5) is 11.4 Å². The van der Waals surface area contributed by atoms with Gasteiger partial charge in [0.15, 0.2) is 0 Å². The Bertz CT molecular complexity index is 945. The van der Waals surface area contributed by atoms with Crippen molar-refractivity contribution in [3.8, 4) is 5.75 Å². The van der Waals surface area contributed by atoms with Crippen molar-refractivity contribution in [2.75, 3.05) is 38.5 Å². The molecule has 9 heteroatoms. The molecule has 0 radical (unpaired) electrons. The van der Waals surface area contributed by atoms with E-state index >= 15 is 0 Å². The maximum atomic E-state index is 12.4. The summed E-state index contributed by atoms with van der Waals surface area (Å²) in [5, 5.41) is 6.10. The van der Waals surface area contributed by atoms with Crippen molar-refractivity contribution in [1.82, 2.24) is 0 Å². The highest BCUT2D eigenvalue weighted by Crippen LogP contribution is 2.30. The number of rotatable bonds is 7. The number of nitrogens with one attached hydrogen (secondary N) is 2. The van der Waals surface area contributed by atoms with E-state index in [0.29, 0.717) is 16.5 Å². The van der Waals surface area contributed by atoms with Crippen LogP contribution in [-0.2, 0) is 14.3 Å². The molecule has 8 nitrogen and oxygen atoms in total. The lowest BCUT2D eigenvalue weighted by Gasteiger charge is -2.14. The van der Waals surface area contributed by atoms with Crippen LogP contribution in [0.15, 0.2) is 30.3 Å². The molecule has 29 heavy (non-hydrogen) atoms. The summed E-state index contributed by atoms with van der Waals surface area (Å²) in [6.45, 7) is 1.70. The SMILES string of the molecule is COC(=O)c1ccc(C(=O)OC)c(NC(=O)CNc2cc(C)c(Cl)cc2OC)c1. The van der Waals surface area contributed by atoms with E-state index < -0.39 is 17.8 Å². The highest BCUT2D eigenvalue weighted by molar-refractivity contribution is 6.31. The number of carbonyl (C=O) groups is 3. The minimum atomic E-state index is -0.653. The topological polar surface area (TPSA) is 103 Å². The molecule has 2 aromatic rings. The van der Waals surface area contributed by atoms with Gasteiger partial charge in [-0.3, -0.25) is 4.79 Å². The molecule has 0 atom stereocenters. The molecule has 2 rings (SSSR count). The van der Waals surface area contributed by atoms with Gasteiger partial charge in [-0.15, -0.1) is 0 Å². The van der Waals surface area contributed by atoms with Crippen LogP contribution in [0.2, 0.25) is 5.02 Å². The molecule has 0 aliphatic carbocycles. The smallest absolute Gasteiger partial charge is 0.339 e. The van der Waals surface area contributed by atoms with Crippen LogP contribution >= 0.6 is 11.6 Å². The van der Waals surface area contributed by atoms with E-state index in [2.05, 4.69) is 15.4 Å². The fourth-order valence-corrected chi connectivity index (χ4v) is 2.67. The zero-order chi connectivity index (χ0) is 21.6. The van der Waals surface area contributed by atoms with Crippen molar-refractivity contribution in [3.05, 3.63) is 52.0 Å². The van der Waals surface area contributed by atoms with Crippen molar-refractivity contribution in [2.45, 2.75) is 6.92 Å². The Morgan fingerprint density at radius 1 is 0.966 bits per heavy atom. The first-order valence-corrected chi connectivity index (χ1v) is 8.87. The van der Waals surface area contributed by atoms with Crippen molar-refractivity contribution in [3.63, 3.8) is 0 Å². The quantitative estimate of drug-likeness (QED) is 0.662. The summed E-state index contributed by atoms with van der Waals surface area (Å²) in [4.78, 5) is 36.2. The van der Waals surface area contributed by atoms with E-state index in [4.69, 9.17) is 21.1 Å². The predicted octanol–water partition coefficient (Wildman–Crippen LogP) is 3.28. The monoisotopic (exact) mass is 420 g/mol. The fraction of sp³-hybridized carbons (Fsp3) is 0.250. The molecule has 0 heterocycles. The molecular weight excluding hydrogens is 400 g/mol. The van der Waals surface area contributed by atoms with Crippen LogP contribution in [0.25, 0.3) is 0 Å². The molecule has 0 aromatic heterocycles. The summed E-state index contributed by atoms with van der Waals surface area (Å²) in [6, 6.07) is 7.54. The fourth-order valence-electron chi connectivity index (χ4n) is 2.52. The Kier molecular flexibility index (Phi) is 7.44. The van der Waals surface area contributed by atoms with Crippen molar-refractivity contribution in [2.24, 2.45) is 0 Å². The second-order valence-electron chi connectivity index (χ2n) is 5.95. The first kappa shape index (κ1) is 22.0. The highest BCUT2D eigenvalue weighted by atomic mass is 35.5. The van der Waals surface area contributed by atoms with Gasteiger partial charge in [-0.25, -0.2) is 9.59 Å². The van der Waals surface area contributed by atoms with Crippen molar-refractivity contribution < 1.29 is 28.6 Å². The Labute approximate surface area is 173 Å².